The van der Waals surface area contributed by atoms with E-state index in [9.17, 15) is 4.79 Å². The van der Waals surface area contributed by atoms with Crippen LogP contribution in [-0.2, 0) is 4.79 Å². The van der Waals surface area contributed by atoms with Crippen molar-refractivity contribution in [2.24, 2.45) is 5.92 Å². The Morgan fingerprint density at radius 2 is 1.84 bits per heavy atom. The fraction of sp³-hybridized carbons (Fsp3) is 0.929. The Balaban J connectivity index is 2.25. The van der Waals surface area contributed by atoms with Crippen molar-refractivity contribution in [3.05, 3.63) is 0 Å². The lowest BCUT2D eigenvalue weighted by Gasteiger charge is -2.23. The van der Waals surface area contributed by atoms with Gasteiger partial charge in [-0.25, -0.2) is 0 Å². The number of aliphatic carboxylic acids is 1. The highest BCUT2D eigenvalue weighted by Gasteiger charge is 2.19. The van der Waals surface area contributed by atoms with Gasteiger partial charge in [0.2, 0.25) is 0 Å². The third-order valence-electron chi connectivity index (χ3n) is 3.71. The fourth-order valence-electron chi connectivity index (χ4n) is 2.51. The largest absolute Gasteiger partial charge is 0.481 e. The molecule has 0 bridgehead atoms. The zero-order valence-corrected chi connectivity index (χ0v) is 12.6. The maximum Gasteiger partial charge on any atom is 0.307 e. The van der Waals surface area contributed by atoms with Gasteiger partial charge in [-0.3, -0.25) is 4.79 Å². The molecule has 19 heavy (non-hydrogen) atoms. The van der Waals surface area contributed by atoms with Gasteiger partial charge in [-0.1, -0.05) is 6.92 Å². The minimum atomic E-state index is -0.688. The maximum absolute atomic E-state index is 10.9. The molecule has 5 heteroatoms. The van der Waals surface area contributed by atoms with Gasteiger partial charge < -0.3 is 19.8 Å². The molecule has 1 rings (SSSR count). The number of rotatable bonds is 7. The summed E-state index contributed by atoms with van der Waals surface area (Å²) in [6.45, 7) is 9.01. The summed E-state index contributed by atoms with van der Waals surface area (Å²) in [4.78, 5) is 17.9. The van der Waals surface area contributed by atoms with Gasteiger partial charge in [-0.15, -0.1) is 0 Å². The monoisotopic (exact) mass is 271 g/mol. The second-order valence-electron chi connectivity index (χ2n) is 5.89. The van der Waals surface area contributed by atoms with E-state index < -0.39 is 5.97 Å². The van der Waals surface area contributed by atoms with Crippen LogP contribution in [0.15, 0.2) is 0 Å². The Hall–Kier alpha value is -0.650. The third kappa shape index (κ3) is 6.89. The lowest BCUT2D eigenvalue weighted by molar-refractivity contribution is -0.141. The predicted molar refractivity (Wildman–Crippen MR) is 77.5 cm³/mol. The van der Waals surface area contributed by atoms with Crippen LogP contribution in [0, 0.1) is 5.92 Å². The van der Waals surface area contributed by atoms with Gasteiger partial charge in [0.15, 0.2) is 0 Å². The van der Waals surface area contributed by atoms with Gasteiger partial charge in [0.1, 0.15) is 0 Å². The number of nitrogens with zero attached hydrogens (tertiary/aromatic N) is 3. The SMILES string of the molecule is CC(CN1CCCN(CCCN(C)C)CC1)C(=O)O. The van der Waals surface area contributed by atoms with E-state index >= 15 is 0 Å². The molecule has 1 aliphatic heterocycles. The van der Waals surface area contributed by atoms with Gasteiger partial charge in [0.05, 0.1) is 5.92 Å². The first-order chi connectivity index (χ1) is 8.99. The molecule has 1 aliphatic rings. The Kier molecular flexibility index (Phi) is 7.34. The van der Waals surface area contributed by atoms with Crippen molar-refractivity contribution < 1.29 is 9.90 Å². The summed E-state index contributed by atoms with van der Waals surface area (Å²) in [7, 11) is 4.22. The summed E-state index contributed by atoms with van der Waals surface area (Å²) >= 11 is 0. The molecule has 0 spiro atoms. The van der Waals surface area contributed by atoms with Crippen molar-refractivity contribution in [1.82, 2.24) is 14.7 Å². The summed E-state index contributed by atoms with van der Waals surface area (Å²) in [5, 5.41) is 8.96. The molecule has 1 unspecified atom stereocenters. The van der Waals surface area contributed by atoms with Crippen LogP contribution in [0.25, 0.3) is 0 Å². The van der Waals surface area contributed by atoms with Gasteiger partial charge >= 0.3 is 5.97 Å². The van der Waals surface area contributed by atoms with Crippen molar-refractivity contribution in [3.63, 3.8) is 0 Å². The van der Waals surface area contributed by atoms with E-state index in [1.54, 1.807) is 6.92 Å². The molecule has 1 saturated heterocycles. The zero-order chi connectivity index (χ0) is 14.3. The number of carbonyl (C=O) groups is 1. The minimum absolute atomic E-state index is 0.264. The number of carboxylic acid groups (broad SMARTS) is 1. The van der Waals surface area contributed by atoms with Crippen molar-refractivity contribution in [2.45, 2.75) is 19.8 Å². The van der Waals surface area contributed by atoms with Gasteiger partial charge in [-0.05, 0) is 53.1 Å². The molecule has 0 aromatic carbocycles. The first-order valence-corrected chi connectivity index (χ1v) is 7.31. The smallest absolute Gasteiger partial charge is 0.307 e. The molecule has 1 fully saturated rings. The minimum Gasteiger partial charge on any atom is -0.481 e. The zero-order valence-electron chi connectivity index (χ0n) is 12.6. The lowest BCUT2D eigenvalue weighted by atomic mass is 10.1. The molecule has 0 aromatic rings. The van der Waals surface area contributed by atoms with E-state index in [2.05, 4.69) is 28.8 Å². The highest BCUT2D eigenvalue weighted by molar-refractivity contribution is 5.69. The van der Waals surface area contributed by atoms with E-state index in [1.807, 2.05) is 0 Å². The van der Waals surface area contributed by atoms with E-state index in [-0.39, 0.29) is 5.92 Å². The molecule has 0 radical (unpaired) electrons. The quantitative estimate of drug-likeness (QED) is 0.737. The van der Waals surface area contributed by atoms with Crippen molar-refractivity contribution in [3.8, 4) is 0 Å². The van der Waals surface area contributed by atoms with Crippen LogP contribution in [0.2, 0.25) is 0 Å². The molecule has 0 amide bonds. The van der Waals surface area contributed by atoms with Gasteiger partial charge in [0.25, 0.3) is 0 Å². The van der Waals surface area contributed by atoms with Crippen LogP contribution in [0.4, 0.5) is 0 Å². The van der Waals surface area contributed by atoms with Crippen molar-refractivity contribution in [1.29, 1.82) is 0 Å². The van der Waals surface area contributed by atoms with Crippen molar-refractivity contribution in [2.75, 3.05) is 59.9 Å². The maximum atomic E-state index is 10.9. The third-order valence-corrected chi connectivity index (χ3v) is 3.71. The average molecular weight is 271 g/mol. The Labute approximate surface area is 117 Å². The first-order valence-electron chi connectivity index (χ1n) is 7.31. The number of hydrogen-bond donors (Lipinski definition) is 1. The molecule has 1 N–H and O–H groups in total. The Morgan fingerprint density at radius 1 is 1.21 bits per heavy atom. The molecular weight excluding hydrogens is 242 g/mol. The van der Waals surface area contributed by atoms with Gasteiger partial charge in [-0.2, -0.15) is 0 Å². The van der Waals surface area contributed by atoms with Crippen LogP contribution >= 0.6 is 0 Å². The normalized spacial score (nSPS) is 20.4. The molecule has 0 aliphatic carbocycles. The summed E-state index contributed by atoms with van der Waals surface area (Å²) in [6, 6.07) is 0. The van der Waals surface area contributed by atoms with Crippen LogP contribution < -0.4 is 0 Å². The standard InChI is InChI=1S/C14H29N3O2/c1-13(14(18)19)12-17-9-5-8-16(10-11-17)7-4-6-15(2)3/h13H,4-12H2,1-3H3,(H,18,19). The van der Waals surface area contributed by atoms with E-state index in [0.29, 0.717) is 6.54 Å². The summed E-state index contributed by atoms with van der Waals surface area (Å²) in [5.41, 5.74) is 0. The molecule has 0 saturated carbocycles. The fourth-order valence-corrected chi connectivity index (χ4v) is 2.51. The predicted octanol–water partition coefficient (Wildman–Crippen LogP) is 0.667. The topological polar surface area (TPSA) is 47.0 Å². The number of carboxylic acids is 1. The summed E-state index contributed by atoms with van der Waals surface area (Å²) in [5.74, 6) is -0.952. The Morgan fingerprint density at radius 3 is 2.47 bits per heavy atom. The Bertz CT molecular complexity index is 271. The van der Waals surface area contributed by atoms with Crippen molar-refractivity contribution >= 4 is 5.97 Å². The van der Waals surface area contributed by atoms with E-state index in [1.165, 1.54) is 6.42 Å². The van der Waals surface area contributed by atoms with Crippen LogP contribution in [0.5, 0.6) is 0 Å². The molecule has 5 nitrogen and oxygen atoms in total. The summed E-state index contributed by atoms with van der Waals surface area (Å²) in [6.07, 6.45) is 2.35. The first kappa shape index (κ1) is 16.4. The van der Waals surface area contributed by atoms with Gasteiger partial charge in [0, 0.05) is 19.6 Å². The lowest BCUT2D eigenvalue weighted by Crippen LogP contribution is -2.35. The molecule has 0 aromatic heterocycles. The summed E-state index contributed by atoms with van der Waals surface area (Å²) < 4.78 is 0. The van der Waals surface area contributed by atoms with Crippen LogP contribution in [0.3, 0.4) is 0 Å². The molecule has 112 valence electrons. The highest BCUT2D eigenvalue weighted by atomic mass is 16.4. The number of hydrogen-bond acceptors (Lipinski definition) is 4. The second-order valence-corrected chi connectivity index (χ2v) is 5.89. The van der Waals surface area contributed by atoms with Crippen LogP contribution in [0.1, 0.15) is 19.8 Å². The van der Waals surface area contributed by atoms with E-state index in [4.69, 9.17) is 5.11 Å². The second kappa shape index (κ2) is 8.51. The van der Waals surface area contributed by atoms with Crippen LogP contribution in [-0.4, -0.2) is 85.7 Å². The van der Waals surface area contributed by atoms with E-state index in [0.717, 1.165) is 45.7 Å². The highest BCUT2D eigenvalue weighted by Crippen LogP contribution is 2.07. The molecule has 1 heterocycles. The average Bonchev–Trinajstić information content (AvgIpc) is 2.54. The molecule has 1 atom stereocenters. The molecular formula is C14H29N3O2.